The Kier molecular flexibility index (Phi) is 4.94. The Morgan fingerprint density at radius 2 is 1.70 bits per heavy atom. The van der Waals surface area contributed by atoms with Crippen LogP contribution < -0.4 is 5.32 Å². The Balaban J connectivity index is 2.23. The minimum atomic E-state index is 0.393. The molecule has 0 aliphatic carbocycles. The lowest BCUT2D eigenvalue weighted by Gasteiger charge is -2.13. The largest absolute Gasteiger partial charge is 0.313 e. The standard InChI is InChI=1S/C18H24N2/c1-14(19-2)16-8-10-17(11-9-16)18-7-5-6-15(12-18)13-20(3)4/h5-12,14,19H,13H2,1-4H3. The van der Waals surface area contributed by atoms with E-state index in [1.807, 2.05) is 7.05 Å². The molecule has 1 atom stereocenters. The monoisotopic (exact) mass is 268 g/mol. The van der Waals surface area contributed by atoms with E-state index in [9.17, 15) is 0 Å². The van der Waals surface area contributed by atoms with E-state index in [-0.39, 0.29) is 0 Å². The third-order valence-corrected chi connectivity index (χ3v) is 3.60. The molecule has 2 aromatic rings. The number of nitrogens with one attached hydrogen (secondary N) is 1. The summed E-state index contributed by atoms with van der Waals surface area (Å²) in [7, 11) is 6.19. The Labute approximate surface area is 122 Å². The highest BCUT2D eigenvalue weighted by Crippen LogP contribution is 2.23. The van der Waals surface area contributed by atoms with Crippen LogP contribution in [0, 0.1) is 0 Å². The number of rotatable bonds is 5. The van der Waals surface area contributed by atoms with Crippen LogP contribution in [0.1, 0.15) is 24.1 Å². The molecule has 0 fully saturated rings. The van der Waals surface area contributed by atoms with E-state index in [0.29, 0.717) is 6.04 Å². The van der Waals surface area contributed by atoms with Crippen molar-refractivity contribution in [3.8, 4) is 11.1 Å². The smallest absolute Gasteiger partial charge is 0.0289 e. The molecule has 0 amide bonds. The summed E-state index contributed by atoms with van der Waals surface area (Å²) < 4.78 is 0. The summed E-state index contributed by atoms with van der Waals surface area (Å²) in [6.07, 6.45) is 0. The van der Waals surface area contributed by atoms with Gasteiger partial charge in [0.25, 0.3) is 0 Å². The molecule has 2 nitrogen and oxygen atoms in total. The second kappa shape index (κ2) is 6.69. The molecule has 106 valence electrons. The molecule has 0 aromatic heterocycles. The van der Waals surface area contributed by atoms with Crippen LogP contribution in [-0.2, 0) is 6.54 Å². The minimum Gasteiger partial charge on any atom is -0.313 e. The number of hydrogen-bond donors (Lipinski definition) is 1. The van der Waals surface area contributed by atoms with Crippen molar-refractivity contribution >= 4 is 0 Å². The van der Waals surface area contributed by atoms with Crippen molar-refractivity contribution in [2.24, 2.45) is 0 Å². The lowest BCUT2D eigenvalue weighted by molar-refractivity contribution is 0.402. The lowest BCUT2D eigenvalue weighted by Crippen LogP contribution is -2.11. The van der Waals surface area contributed by atoms with E-state index in [0.717, 1.165) is 6.54 Å². The topological polar surface area (TPSA) is 15.3 Å². The van der Waals surface area contributed by atoms with E-state index in [1.54, 1.807) is 0 Å². The second-order valence-electron chi connectivity index (χ2n) is 5.57. The maximum absolute atomic E-state index is 3.27. The molecule has 1 N–H and O–H groups in total. The van der Waals surface area contributed by atoms with E-state index in [1.165, 1.54) is 22.3 Å². The Hall–Kier alpha value is -1.64. The zero-order valence-electron chi connectivity index (χ0n) is 12.9. The predicted octanol–water partition coefficient (Wildman–Crippen LogP) is 3.70. The van der Waals surface area contributed by atoms with Crippen LogP contribution in [0.3, 0.4) is 0 Å². The average Bonchev–Trinajstić information content (AvgIpc) is 2.46. The molecule has 0 aliphatic rings. The van der Waals surface area contributed by atoms with Crippen molar-refractivity contribution in [2.75, 3.05) is 21.1 Å². The lowest BCUT2D eigenvalue weighted by atomic mass is 10.00. The zero-order chi connectivity index (χ0) is 14.5. The molecule has 0 saturated heterocycles. The van der Waals surface area contributed by atoms with Gasteiger partial charge in [0.1, 0.15) is 0 Å². The van der Waals surface area contributed by atoms with E-state index in [4.69, 9.17) is 0 Å². The molecule has 2 aromatic carbocycles. The van der Waals surface area contributed by atoms with Crippen molar-refractivity contribution in [3.63, 3.8) is 0 Å². The van der Waals surface area contributed by atoms with Crippen LogP contribution in [0.15, 0.2) is 48.5 Å². The van der Waals surface area contributed by atoms with Gasteiger partial charge in [0.2, 0.25) is 0 Å². The first-order valence-corrected chi connectivity index (χ1v) is 7.11. The maximum atomic E-state index is 3.27. The van der Waals surface area contributed by atoms with Gasteiger partial charge >= 0.3 is 0 Å². The van der Waals surface area contributed by atoms with Crippen molar-refractivity contribution < 1.29 is 0 Å². The minimum absolute atomic E-state index is 0.393. The Morgan fingerprint density at radius 3 is 2.30 bits per heavy atom. The molecule has 0 spiro atoms. The molecule has 0 aliphatic heterocycles. The fourth-order valence-corrected chi connectivity index (χ4v) is 2.35. The van der Waals surface area contributed by atoms with Crippen molar-refractivity contribution in [3.05, 3.63) is 59.7 Å². The average molecular weight is 268 g/mol. The normalized spacial score (nSPS) is 12.7. The predicted molar refractivity (Wildman–Crippen MR) is 86.7 cm³/mol. The van der Waals surface area contributed by atoms with Gasteiger partial charge in [-0.25, -0.2) is 0 Å². The maximum Gasteiger partial charge on any atom is 0.0289 e. The molecular weight excluding hydrogens is 244 g/mol. The number of hydrogen-bond acceptors (Lipinski definition) is 2. The van der Waals surface area contributed by atoms with Crippen LogP contribution in [-0.4, -0.2) is 26.0 Å². The molecule has 0 bridgehead atoms. The van der Waals surface area contributed by atoms with Crippen LogP contribution in [0.25, 0.3) is 11.1 Å². The number of benzene rings is 2. The Morgan fingerprint density at radius 1 is 1.00 bits per heavy atom. The Bertz CT molecular complexity index is 544. The van der Waals surface area contributed by atoms with Crippen LogP contribution in [0.5, 0.6) is 0 Å². The fourth-order valence-electron chi connectivity index (χ4n) is 2.35. The van der Waals surface area contributed by atoms with Crippen LogP contribution >= 0.6 is 0 Å². The summed E-state index contributed by atoms with van der Waals surface area (Å²) in [6.45, 7) is 3.15. The molecule has 0 saturated carbocycles. The summed E-state index contributed by atoms with van der Waals surface area (Å²) in [4.78, 5) is 2.19. The van der Waals surface area contributed by atoms with Gasteiger partial charge in [0, 0.05) is 12.6 Å². The van der Waals surface area contributed by atoms with Gasteiger partial charge in [-0.15, -0.1) is 0 Å². The highest BCUT2D eigenvalue weighted by Gasteiger charge is 2.04. The summed E-state index contributed by atoms with van der Waals surface area (Å²) in [5.41, 5.74) is 5.23. The van der Waals surface area contributed by atoms with Crippen LogP contribution in [0.2, 0.25) is 0 Å². The van der Waals surface area contributed by atoms with Gasteiger partial charge in [-0.05, 0) is 56.4 Å². The molecule has 0 radical (unpaired) electrons. The molecule has 2 heteroatoms. The third kappa shape index (κ3) is 3.69. The first kappa shape index (κ1) is 14.8. The second-order valence-corrected chi connectivity index (χ2v) is 5.57. The SMILES string of the molecule is CNC(C)c1ccc(-c2cccc(CN(C)C)c2)cc1. The van der Waals surface area contributed by atoms with Gasteiger partial charge in [-0.1, -0.05) is 42.5 Å². The van der Waals surface area contributed by atoms with Gasteiger partial charge in [-0.2, -0.15) is 0 Å². The molecule has 0 heterocycles. The first-order valence-electron chi connectivity index (χ1n) is 7.11. The highest BCUT2D eigenvalue weighted by atomic mass is 15.0. The van der Waals surface area contributed by atoms with E-state index < -0.39 is 0 Å². The molecule has 20 heavy (non-hydrogen) atoms. The number of nitrogens with zero attached hydrogens (tertiary/aromatic N) is 1. The van der Waals surface area contributed by atoms with Gasteiger partial charge in [0.05, 0.1) is 0 Å². The van der Waals surface area contributed by atoms with Gasteiger partial charge in [0.15, 0.2) is 0 Å². The fraction of sp³-hybridized carbons (Fsp3) is 0.333. The van der Waals surface area contributed by atoms with E-state index >= 15 is 0 Å². The summed E-state index contributed by atoms with van der Waals surface area (Å²) in [6, 6.07) is 18.0. The zero-order valence-corrected chi connectivity index (χ0v) is 12.9. The summed E-state index contributed by atoms with van der Waals surface area (Å²) >= 11 is 0. The summed E-state index contributed by atoms with van der Waals surface area (Å²) in [5.74, 6) is 0. The van der Waals surface area contributed by atoms with Crippen molar-refractivity contribution in [1.82, 2.24) is 10.2 Å². The van der Waals surface area contributed by atoms with Crippen LogP contribution in [0.4, 0.5) is 0 Å². The van der Waals surface area contributed by atoms with Crippen molar-refractivity contribution in [2.45, 2.75) is 19.5 Å². The summed E-state index contributed by atoms with van der Waals surface area (Å²) in [5, 5.41) is 3.27. The van der Waals surface area contributed by atoms with Crippen molar-refractivity contribution in [1.29, 1.82) is 0 Å². The van der Waals surface area contributed by atoms with E-state index in [2.05, 4.69) is 79.8 Å². The third-order valence-electron chi connectivity index (χ3n) is 3.60. The molecule has 2 rings (SSSR count). The highest BCUT2D eigenvalue weighted by molar-refractivity contribution is 5.64. The van der Waals surface area contributed by atoms with Gasteiger partial charge in [-0.3, -0.25) is 0 Å². The first-order chi connectivity index (χ1) is 9.60. The quantitative estimate of drug-likeness (QED) is 0.889. The van der Waals surface area contributed by atoms with Gasteiger partial charge < -0.3 is 10.2 Å². The molecule has 1 unspecified atom stereocenters. The molecular formula is C18H24N2.